The molecule has 1 aliphatic rings. The molecule has 0 saturated heterocycles. The van der Waals surface area contributed by atoms with Gasteiger partial charge in [-0.3, -0.25) is 0 Å². The lowest BCUT2D eigenvalue weighted by Crippen LogP contribution is -2.10. The Labute approximate surface area is 126 Å². The van der Waals surface area contributed by atoms with Crippen molar-refractivity contribution in [2.45, 2.75) is 11.7 Å². The minimum atomic E-state index is 0.375. The SMILES string of the molecule is CSC1C=CC(Cl)=C(Oc2cccc(Cl)c2Cl)C1. The number of hydrogen-bond acceptors (Lipinski definition) is 2. The summed E-state index contributed by atoms with van der Waals surface area (Å²) in [5.74, 6) is 1.26. The van der Waals surface area contributed by atoms with E-state index in [0.29, 0.717) is 26.1 Å². The van der Waals surface area contributed by atoms with E-state index in [1.807, 2.05) is 6.08 Å². The van der Waals surface area contributed by atoms with E-state index in [0.717, 1.165) is 12.2 Å². The highest BCUT2D eigenvalue weighted by Crippen LogP contribution is 2.36. The van der Waals surface area contributed by atoms with E-state index >= 15 is 0 Å². The number of hydrogen-bond donors (Lipinski definition) is 0. The molecule has 1 atom stereocenters. The molecule has 0 radical (unpaired) electrons. The molecule has 18 heavy (non-hydrogen) atoms. The van der Waals surface area contributed by atoms with Crippen molar-refractivity contribution >= 4 is 46.6 Å². The Bertz CT molecular complexity index is 511. The molecular formula is C13H11Cl3OS. The Morgan fingerprint density at radius 2 is 2.06 bits per heavy atom. The van der Waals surface area contributed by atoms with Gasteiger partial charge in [0.25, 0.3) is 0 Å². The fourth-order valence-corrected chi connectivity index (χ4v) is 2.65. The van der Waals surface area contributed by atoms with E-state index in [1.54, 1.807) is 30.0 Å². The van der Waals surface area contributed by atoms with Crippen LogP contribution in [0, 0.1) is 0 Å². The predicted molar refractivity (Wildman–Crippen MR) is 81.0 cm³/mol. The summed E-state index contributed by atoms with van der Waals surface area (Å²) in [4.78, 5) is 0. The van der Waals surface area contributed by atoms with E-state index < -0.39 is 0 Å². The smallest absolute Gasteiger partial charge is 0.147 e. The molecule has 1 aromatic carbocycles. The van der Waals surface area contributed by atoms with Crippen molar-refractivity contribution in [2.24, 2.45) is 0 Å². The van der Waals surface area contributed by atoms with Crippen molar-refractivity contribution in [3.63, 3.8) is 0 Å². The molecule has 0 aromatic heterocycles. The van der Waals surface area contributed by atoms with Crippen LogP contribution >= 0.6 is 46.6 Å². The van der Waals surface area contributed by atoms with E-state index in [4.69, 9.17) is 39.5 Å². The molecule has 5 heteroatoms. The molecule has 1 nitrogen and oxygen atoms in total. The van der Waals surface area contributed by atoms with Gasteiger partial charge in [-0.2, -0.15) is 11.8 Å². The van der Waals surface area contributed by atoms with Crippen LogP contribution in [0.5, 0.6) is 5.75 Å². The predicted octanol–water partition coefficient (Wildman–Crippen LogP) is 5.51. The lowest BCUT2D eigenvalue weighted by molar-refractivity contribution is 0.402. The van der Waals surface area contributed by atoms with Gasteiger partial charge >= 0.3 is 0 Å². The molecule has 2 rings (SSSR count). The number of ether oxygens (including phenoxy) is 1. The first kappa shape index (κ1) is 14.1. The summed E-state index contributed by atoms with van der Waals surface area (Å²) in [7, 11) is 0. The highest BCUT2D eigenvalue weighted by molar-refractivity contribution is 7.99. The highest BCUT2D eigenvalue weighted by Gasteiger charge is 2.18. The quantitative estimate of drug-likeness (QED) is 0.725. The number of benzene rings is 1. The van der Waals surface area contributed by atoms with E-state index in [1.165, 1.54) is 0 Å². The molecule has 0 bridgehead atoms. The zero-order chi connectivity index (χ0) is 13.1. The largest absolute Gasteiger partial charge is 0.458 e. The Morgan fingerprint density at radius 1 is 1.28 bits per heavy atom. The minimum Gasteiger partial charge on any atom is -0.458 e. The number of rotatable bonds is 3. The van der Waals surface area contributed by atoms with E-state index in [2.05, 4.69) is 12.3 Å². The maximum Gasteiger partial charge on any atom is 0.147 e. The van der Waals surface area contributed by atoms with Crippen molar-refractivity contribution in [1.82, 2.24) is 0 Å². The van der Waals surface area contributed by atoms with Crippen LogP contribution in [-0.4, -0.2) is 11.5 Å². The first-order valence-electron chi connectivity index (χ1n) is 5.33. The summed E-state index contributed by atoms with van der Waals surface area (Å²) in [6, 6.07) is 5.29. The maximum absolute atomic E-state index is 6.13. The molecule has 96 valence electrons. The van der Waals surface area contributed by atoms with Gasteiger partial charge in [-0.15, -0.1) is 0 Å². The summed E-state index contributed by atoms with van der Waals surface area (Å²) in [5, 5.41) is 1.86. The summed E-state index contributed by atoms with van der Waals surface area (Å²) >= 11 is 19.9. The molecule has 0 fully saturated rings. The Balaban J connectivity index is 2.23. The van der Waals surface area contributed by atoms with Crippen LogP contribution in [0.2, 0.25) is 10.0 Å². The van der Waals surface area contributed by atoms with Gasteiger partial charge in [0.2, 0.25) is 0 Å². The molecule has 1 unspecified atom stereocenters. The minimum absolute atomic E-state index is 0.375. The Hall–Kier alpha value is -0.280. The van der Waals surface area contributed by atoms with Gasteiger partial charge in [-0.25, -0.2) is 0 Å². The zero-order valence-electron chi connectivity index (χ0n) is 9.62. The zero-order valence-corrected chi connectivity index (χ0v) is 12.7. The summed E-state index contributed by atoms with van der Waals surface area (Å²) in [6.45, 7) is 0. The van der Waals surface area contributed by atoms with Gasteiger partial charge in [-0.1, -0.05) is 46.9 Å². The fraction of sp³-hybridized carbons (Fsp3) is 0.231. The second-order valence-corrected chi connectivity index (χ2v) is 6.03. The van der Waals surface area contributed by atoms with Crippen molar-refractivity contribution in [2.75, 3.05) is 6.26 Å². The van der Waals surface area contributed by atoms with Crippen LogP contribution in [0.25, 0.3) is 0 Å². The molecule has 1 aromatic rings. The lowest BCUT2D eigenvalue weighted by Gasteiger charge is -2.19. The van der Waals surface area contributed by atoms with Crippen LogP contribution in [0.1, 0.15) is 6.42 Å². The molecule has 0 saturated carbocycles. The van der Waals surface area contributed by atoms with Crippen LogP contribution in [-0.2, 0) is 0 Å². The van der Waals surface area contributed by atoms with Crippen LogP contribution in [0.4, 0.5) is 0 Å². The number of halogens is 3. The lowest BCUT2D eigenvalue weighted by atomic mass is 10.1. The number of allylic oxidation sites excluding steroid dienone is 3. The average Bonchev–Trinajstić information content (AvgIpc) is 2.37. The second-order valence-electron chi connectivity index (χ2n) is 3.76. The third kappa shape index (κ3) is 3.18. The monoisotopic (exact) mass is 320 g/mol. The van der Waals surface area contributed by atoms with Crippen LogP contribution < -0.4 is 4.74 Å². The second kappa shape index (κ2) is 6.25. The molecule has 1 aliphatic carbocycles. The summed E-state index contributed by atoms with van der Waals surface area (Å²) in [6.07, 6.45) is 6.73. The van der Waals surface area contributed by atoms with Gasteiger partial charge < -0.3 is 4.74 Å². The van der Waals surface area contributed by atoms with Gasteiger partial charge in [0.15, 0.2) is 0 Å². The normalized spacial score (nSPS) is 19.2. The molecular weight excluding hydrogens is 311 g/mol. The van der Waals surface area contributed by atoms with Gasteiger partial charge in [0, 0.05) is 11.7 Å². The molecule has 0 N–H and O–H groups in total. The maximum atomic E-state index is 6.13. The average molecular weight is 322 g/mol. The first-order valence-corrected chi connectivity index (χ1v) is 7.75. The van der Waals surface area contributed by atoms with E-state index in [-0.39, 0.29) is 0 Å². The first-order chi connectivity index (χ1) is 8.61. The standard InChI is InChI=1S/C13H11Cl3OS/c1-18-8-5-6-9(14)12(7-8)17-11-4-2-3-10(15)13(11)16/h2-6,8H,7H2,1H3. The fourth-order valence-electron chi connectivity index (χ4n) is 1.58. The highest BCUT2D eigenvalue weighted by atomic mass is 35.5. The van der Waals surface area contributed by atoms with Gasteiger partial charge in [-0.05, 0) is 24.5 Å². The third-order valence-electron chi connectivity index (χ3n) is 2.56. The van der Waals surface area contributed by atoms with Crippen molar-refractivity contribution in [1.29, 1.82) is 0 Å². The van der Waals surface area contributed by atoms with Crippen molar-refractivity contribution in [3.05, 3.63) is 51.2 Å². The summed E-state index contributed by atoms with van der Waals surface area (Å²) < 4.78 is 5.78. The van der Waals surface area contributed by atoms with E-state index in [9.17, 15) is 0 Å². The molecule has 0 spiro atoms. The Morgan fingerprint density at radius 3 is 2.78 bits per heavy atom. The topological polar surface area (TPSA) is 9.23 Å². The van der Waals surface area contributed by atoms with Crippen molar-refractivity contribution in [3.8, 4) is 5.75 Å². The molecule has 0 amide bonds. The van der Waals surface area contributed by atoms with Crippen LogP contribution in [0.3, 0.4) is 0 Å². The number of thioether (sulfide) groups is 1. The molecule has 0 heterocycles. The van der Waals surface area contributed by atoms with Gasteiger partial charge in [0.05, 0.1) is 10.1 Å². The Kier molecular flexibility index (Phi) is 4.91. The van der Waals surface area contributed by atoms with Crippen LogP contribution in [0.15, 0.2) is 41.1 Å². The summed E-state index contributed by atoms with van der Waals surface area (Å²) in [5.41, 5.74) is 0. The molecule has 0 aliphatic heterocycles. The van der Waals surface area contributed by atoms with Gasteiger partial charge in [0.1, 0.15) is 16.5 Å². The third-order valence-corrected chi connectivity index (χ3v) is 4.63. The van der Waals surface area contributed by atoms with Crippen molar-refractivity contribution < 1.29 is 4.74 Å².